The van der Waals surface area contributed by atoms with Crippen molar-refractivity contribution in [2.75, 3.05) is 7.11 Å². The van der Waals surface area contributed by atoms with Gasteiger partial charge >= 0.3 is 0 Å². The second kappa shape index (κ2) is 9.61. The van der Waals surface area contributed by atoms with E-state index in [4.69, 9.17) is 9.15 Å². The first-order valence-corrected chi connectivity index (χ1v) is 12.5. The van der Waals surface area contributed by atoms with Crippen LogP contribution in [-0.4, -0.2) is 19.1 Å². The van der Waals surface area contributed by atoms with Crippen LogP contribution in [0.15, 0.2) is 65.3 Å². The molecule has 5 rings (SSSR count). The Labute approximate surface area is 207 Å². The monoisotopic (exact) mass is 467 g/mol. The molecule has 0 saturated heterocycles. The van der Waals surface area contributed by atoms with Gasteiger partial charge in [0.2, 0.25) is 5.91 Å². The third-order valence-electron chi connectivity index (χ3n) is 7.52. The lowest BCUT2D eigenvalue weighted by atomic mass is 9.86. The van der Waals surface area contributed by atoms with Crippen LogP contribution in [0.4, 0.5) is 0 Å². The lowest BCUT2D eigenvalue weighted by molar-refractivity contribution is -0.117. The molecule has 2 atom stereocenters. The summed E-state index contributed by atoms with van der Waals surface area (Å²) in [6.45, 7) is 6.21. The van der Waals surface area contributed by atoms with E-state index in [2.05, 4.69) is 60.8 Å². The second-order valence-electron chi connectivity index (χ2n) is 9.87. The van der Waals surface area contributed by atoms with Gasteiger partial charge in [-0.05, 0) is 66.6 Å². The van der Waals surface area contributed by atoms with Gasteiger partial charge in [-0.2, -0.15) is 0 Å². The number of methoxy groups -OCH3 is 1. The Kier molecular flexibility index (Phi) is 6.38. The zero-order valence-corrected chi connectivity index (χ0v) is 21.0. The zero-order chi connectivity index (χ0) is 24.5. The zero-order valence-electron chi connectivity index (χ0n) is 21.0. The van der Waals surface area contributed by atoms with E-state index in [0.29, 0.717) is 5.92 Å². The number of hydrogen-bond acceptors (Lipinski definition) is 3. The first-order valence-electron chi connectivity index (χ1n) is 12.5. The third-order valence-corrected chi connectivity index (χ3v) is 7.52. The van der Waals surface area contributed by atoms with Crippen molar-refractivity contribution < 1.29 is 13.9 Å². The van der Waals surface area contributed by atoms with Gasteiger partial charge in [-0.25, -0.2) is 0 Å². The molecule has 1 aromatic heterocycles. The van der Waals surface area contributed by atoms with Crippen molar-refractivity contribution in [3.63, 3.8) is 0 Å². The Hall–Kier alpha value is -3.53. The maximum Gasteiger partial charge on any atom is 0.244 e. The predicted molar refractivity (Wildman–Crippen MR) is 144 cm³/mol. The van der Waals surface area contributed by atoms with Crippen LogP contribution < -0.4 is 10.1 Å². The molecule has 180 valence electrons. The number of furan rings is 1. The summed E-state index contributed by atoms with van der Waals surface area (Å²) in [5.41, 5.74) is 5.66. The number of amides is 1. The molecule has 4 nitrogen and oxygen atoms in total. The maximum atomic E-state index is 12.9. The Bertz CT molecular complexity index is 1430. The highest BCUT2D eigenvalue weighted by Gasteiger charge is 2.23. The van der Waals surface area contributed by atoms with Gasteiger partial charge in [-0.3, -0.25) is 4.79 Å². The summed E-state index contributed by atoms with van der Waals surface area (Å²) in [6, 6.07) is 17.2. The van der Waals surface area contributed by atoms with Crippen LogP contribution in [0.25, 0.3) is 38.4 Å². The SMILES string of the molecule is COc1c(/C(C)=C/C(=O)NC2CCCCC2C)cc2c(-c3ccc4ccccc4c3)coc2c1C. The Morgan fingerprint density at radius 1 is 1.09 bits per heavy atom. The molecule has 1 fully saturated rings. The number of ether oxygens (including phenoxy) is 1. The van der Waals surface area contributed by atoms with Gasteiger partial charge in [0.05, 0.1) is 13.4 Å². The number of hydrogen-bond donors (Lipinski definition) is 1. The number of carbonyl (C=O) groups excluding carboxylic acids is 1. The van der Waals surface area contributed by atoms with Crippen molar-refractivity contribution in [1.29, 1.82) is 0 Å². The molecule has 1 N–H and O–H groups in total. The number of aryl methyl sites for hydroxylation is 1. The third kappa shape index (κ3) is 4.45. The molecule has 4 heteroatoms. The molecule has 0 radical (unpaired) electrons. The van der Waals surface area contributed by atoms with Crippen LogP contribution in [0.1, 0.15) is 50.7 Å². The van der Waals surface area contributed by atoms with E-state index in [-0.39, 0.29) is 11.9 Å². The Morgan fingerprint density at radius 2 is 1.86 bits per heavy atom. The van der Waals surface area contributed by atoms with E-state index in [0.717, 1.165) is 51.0 Å². The van der Waals surface area contributed by atoms with Gasteiger partial charge in [-0.1, -0.05) is 56.2 Å². The number of allylic oxidation sites excluding steroid dienone is 1. The summed E-state index contributed by atoms with van der Waals surface area (Å²) in [5, 5.41) is 6.65. The summed E-state index contributed by atoms with van der Waals surface area (Å²) in [4.78, 5) is 12.9. The average Bonchev–Trinajstić information content (AvgIpc) is 3.29. The van der Waals surface area contributed by atoms with E-state index in [9.17, 15) is 4.79 Å². The van der Waals surface area contributed by atoms with Gasteiger partial charge in [0, 0.05) is 34.2 Å². The molecule has 35 heavy (non-hydrogen) atoms. The summed E-state index contributed by atoms with van der Waals surface area (Å²) in [7, 11) is 1.67. The fraction of sp³-hybridized carbons (Fsp3) is 0.323. The minimum atomic E-state index is -0.0389. The molecule has 1 aliphatic carbocycles. The Balaban J connectivity index is 1.54. The first kappa shape index (κ1) is 23.2. The summed E-state index contributed by atoms with van der Waals surface area (Å²) < 4.78 is 11.8. The van der Waals surface area contributed by atoms with Gasteiger partial charge < -0.3 is 14.5 Å². The van der Waals surface area contributed by atoms with Gasteiger partial charge in [-0.15, -0.1) is 0 Å². The van der Waals surface area contributed by atoms with Crippen molar-refractivity contribution in [2.24, 2.45) is 5.92 Å². The highest BCUT2D eigenvalue weighted by Crippen LogP contribution is 2.41. The number of benzene rings is 3. The van der Waals surface area contributed by atoms with Crippen molar-refractivity contribution in [3.8, 4) is 16.9 Å². The lowest BCUT2D eigenvalue weighted by Crippen LogP contribution is -2.40. The predicted octanol–water partition coefficient (Wildman–Crippen LogP) is 7.67. The van der Waals surface area contributed by atoms with E-state index in [1.54, 1.807) is 13.2 Å². The van der Waals surface area contributed by atoms with E-state index in [1.165, 1.54) is 30.0 Å². The van der Waals surface area contributed by atoms with E-state index >= 15 is 0 Å². The van der Waals surface area contributed by atoms with Gasteiger partial charge in [0.15, 0.2) is 0 Å². The fourth-order valence-corrected chi connectivity index (χ4v) is 5.48. The highest BCUT2D eigenvalue weighted by molar-refractivity contribution is 6.02. The molecule has 1 saturated carbocycles. The molecular formula is C31H33NO3. The van der Waals surface area contributed by atoms with Gasteiger partial charge in [0.25, 0.3) is 0 Å². The normalized spacial score (nSPS) is 18.7. The molecule has 0 spiro atoms. The van der Waals surface area contributed by atoms with Crippen molar-refractivity contribution in [1.82, 2.24) is 5.32 Å². The quantitative estimate of drug-likeness (QED) is 0.306. The van der Waals surface area contributed by atoms with Crippen LogP contribution in [0.3, 0.4) is 0 Å². The lowest BCUT2D eigenvalue weighted by Gasteiger charge is -2.29. The number of fused-ring (bicyclic) bond motifs is 2. The van der Waals surface area contributed by atoms with Crippen molar-refractivity contribution in [3.05, 3.63) is 72.0 Å². The maximum absolute atomic E-state index is 12.9. The number of carbonyl (C=O) groups is 1. The number of rotatable bonds is 5. The minimum absolute atomic E-state index is 0.0389. The van der Waals surface area contributed by atoms with Crippen molar-refractivity contribution in [2.45, 2.75) is 52.5 Å². The van der Waals surface area contributed by atoms with Gasteiger partial charge in [0.1, 0.15) is 11.3 Å². The molecule has 0 bridgehead atoms. The number of nitrogens with one attached hydrogen (secondary N) is 1. The topological polar surface area (TPSA) is 51.5 Å². The van der Waals surface area contributed by atoms with E-state index < -0.39 is 0 Å². The fourth-order valence-electron chi connectivity index (χ4n) is 5.48. The smallest absolute Gasteiger partial charge is 0.244 e. The second-order valence-corrected chi connectivity index (χ2v) is 9.87. The minimum Gasteiger partial charge on any atom is -0.496 e. The average molecular weight is 468 g/mol. The largest absolute Gasteiger partial charge is 0.496 e. The van der Waals surface area contributed by atoms with E-state index in [1.807, 2.05) is 20.1 Å². The Morgan fingerprint density at radius 3 is 2.63 bits per heavy atom. The van der Waals surface area contributed by atoms with Crippen LogP contribution in [0, 0.1) is 12.8 Å². The summed E-state index contributed by atoms with van der Waals surface area (Å²) in [5.74, 6) is 1.22. The summed E-state index contributed by atoms with van der Waals surface area (Å²) >= 11 is 0. The van der Waals surface area contributed by atoms with Crippen LogP contribution in [-0.2, 0) is 4.79 Å². The molecule has 1 heterocycles. The highest BCUT2D eigenvalue weighted by atomic mass is 16.5. The molecule has 4 aromatic rings. The molecular weight excluding hydrogens is 434 g/mol. The van der Waals surface area contributed by atoms with Crippen LogP contribution >= 0.6 is 0 Å². The molecule has 2 unspecified atom stereocenters. The summed E-state index contributed by atoms with van der Waals surface area (Å²) in [6.07, 6.45) is 8.19. The molecule has 1 amide bonds. The molecule has 3 aromatic carbocycles. The first-order chi connectivity index (χ1) is 17.0. The standard InChI is InChI=1S/C31H33NO3/c1-19-9-5-8-12-28(19)32-29(33)15-20(2)25-17-26-27(18-35-31(26)21(3)30(25)34-4)24-14-13-22-10-6-7-11-23(22)16-24/h6-7,10-11,13-19,28H,5,8-9,12H2,1-4H3,(H,32,33)/b20-15+. The molecule has 1 aliphatic rings. The van der Waals surface area contributed by atoms with Crippen molar-refractivity contribution >= 4 is 33.2 Å². The van der Waals surface area contributed by atoms with Crippen LogP contribution in [0.2, 0.25) is 0 Å². The molecule has 0 aliphatic heterocycles. The van der Waals surface area contributed by atoms with Crippen LogP contribution in [0.5, 0.6) is 5.75 Å².